The van der Waals surface area contributed by atoms with Crippen molar-refractivity contribution in [1.29, 1.82) is 0 Å². The van der Waals surface area contributed by atoms with Crippen LogP contribution in [0.15, 0.2) is 48.8 Å². The molecule has 1 aromatic heterocycles. The van der Waals surface area contributed by atoms with E-state index in [9.17, 15) is 0 Å². The van der Waals surface area contributed by atoms with E-state index >= 15 is 0 Å². The Hall–Kier alpha value is -1.74. The molecule has 86 valence electrons. The van der Waals surface area contributed by atoms with Crippen molar-refractivity contribution in [2.24, 2.45) is 0 Å². The van der Waals surface area contributed by atoms with Gasteiger partial charge in [-0.05, 0) is 48.5 Å². The Kier molecular flexibility index (Phi) is 3.83. The van der Waals surface area contributed by atoms with Crippen LogP contribution in [-0.2, 0) is 4.74 Å². The molecular weight excluding hydrogens is 230 g/mol. The fourth-order valence-corrected chi connectivity index (χ4v) is 1.95. The lowest BCUT2D eigenvalue weighted by Gasteiger charge is -2.10. The summed E-state index contributed by atoms with van der Waals surface area (Å²) in [6.07, 6.45) is 3.55. The third kappa shape index (κ3) is 2.68. The molecule has 0 fully saturated rings. The SMILES string of the molecule is CCOC(=S)c1ccccc1-c1ccncc1. The first-order chi connectivity index (χ1) is 8.33. The van der Waals surface area contributed by atoms with Gasteiger partial charge < -0.3 is 4.74 Å². The molecule has 0 spiro atoms. The summed E-state index contributed by atoms with van der Waals surface area (Å²) < 4.78 is 5.41. The van der Waals surface area contributed by atoms with E-state index in [0.717, 1.165) is 16.7 Å². The van der Waals surface area contributed by atoms with Gasteiger partial charge in [0, 0.05) is 18.0 Å². The summed E-state index contributed by atoms with van der Waals surface area (Å²) in [7, 11) is 0. The number of ether oxygens (including phenoxy) is 1. The van der Waals surface area contributed by atoms with E-state index in [-0.39, 0.29) is 0 Å². The van der Waals surface area contributed by atoms with E-state index in [0.29, 0.717) is 11.7 Å². The molecule has 2 aromatic rings. The molecule has 0 amide bonds. The Morgan fingerprint density at radius 2 is 1.88 bits per heavy atom. The number of nitrogens with zero attached hydrogens (tertiary/aromatic N) is 1. The lowest BCUT2D eigenvalue weighted by atomic mass is 10.0. The van der Waals surface area contributed by atoms with Gasteiger partial charge in [-0.15, -0.1) is 0 Å². The van der Waals surface area contributed by atoms with Crippen LogP contribution in [0.25, 0.3) is 11.1 Å². The van der Waals surface area contributed by atoms with Crippen LogP contribution < -0.4 is 0 Å². The van der Waals surface area contributed by atoms with E-state index in [1.165, 1.54) is 0 Å². The number of thiocarbonyl (C=S) groups is 1. The first-order valence-corrected chi connectivity index (χ1v) is 5.90. The monoisotopic (exact) mass is 243 g/mol. The average molecular weight is 243 g/mol. The zero-order valence-corrected chi connectivity index (χ0v) is 10.4. The van der Waals surface area contributed by atoms with Crippen molar-refractivity contribution < 1.29 is 4.74 Å². The van der Waals surface area contributed by atoms with Crippen molar-refractivity contribution in [3.8, 4) is 11.1 Å². The quantitative estimate of drug-likeness (QED) is 0.771. The summed E-state index contributed by atoms with van der Waals surface area (Å²) in [5.74, 6) is 0. The van der Waals surface area contributed by atoms with Gasteiger partial charge in [0.2, 0.25) is 0 Å². The van der Waals surface area contributed by atoms with Crippen molar-refractivity contribution in [1.82, 2.24) is 4.98 Å². The molecule has 0 aliphatic rings. The molecule has 0 radical (unpaired) electrons. The van der Waals surface area contributed by atoms with E-state index in [4.69, 9.17) is 17.0 Å². The smallest absolute Gasteiger partial charge is 0.191 e. The predicted octanol–water partition coefficient (Wildman–Crippen LogP) is 3.46. The van der Waals surface area contributed by atoms with Crippen LogP contribution in [0.1, 0.15) is 12.5 Å². The lowest BCUT2D eigenvalue weighted by Crippen LogP contribution is -2.04. The summed E-state index contributed by atoms with van der Waals surface area (Å²) in [6, 6.07) is 11.9. The van der Waals surface area contributed by atoms with Gasteiger partial charge in [-0.25, -0.2) is 0 Å². The highest BCUT2D eigenvalue weighted by Crippen LogP contribution is 2.23. The fourth-order valence-electron chi connectivity index (χ4n) is 1.65. The summed E-state index contributed by atoms with van der Waals surface area (Å²) in [6.45, 7) is 2.52. The Morgan fingerprint density at radius 3 is 2.59 bits per heavy atom. The number of rotatable bonds is 3. The average Bonchev–Trinajstić information content (AvgIpc) is 2.40. The minimum atomic E-state index is 0.542. The molecule has 0 atom stereocenters. The first kappa shape index (κ1) is 11.7. The molecule has 3 heteroatoms. The van der Waals surface area contributed by atoms with Crippen molar-refractivity contribution in [3.63, 3.8) is 0 Å². The summed E-state index contributed by atoms with van der Waals surface area (Å²) >= 11 is 5.27. The van der Waals surface area contributed by atoms with Gasteiger partial charge in [0.05, 0.1) is 6.61 Å². The molecule has 1 heterocycles. The highest BCUT2D eigenvalue weighted by Gasteiger charge is 2.09. The summed E-state index contributed by atoms with van der Waals surface area (Å²) in [4.78, 5) is 4.02. The van der Waals surface area contributed by atoms with Crippen LogP contribution in [0.3, 0.4) is 0 Å². The van der Waals surface area contributed by atoms with Crippen molar-refractivity contribution in [3.05, 3.63) is 54.4 Å². The van der Waals surface area contributed by atoms with Gasteiger partial charge in [-0.1, -0.05) is 18.2 Å². The molecule has 0 saturated heterocycles. The Balaban J connectivity index is 2.45. The molecule has 0 saturated carbocycles. The van der Waals surface area contributed by atoms with Gasteiger partial charge in [0.1, 0.15) is 0 Å². The normalized spacial score (nSPS) is 9.94. The number of aromatic nitrogens is 1. The van der Waals surface area contributed by atoms with Gasteiger partial charge >= 0.3 is 0 Å². The van der Waals surface area contributed by atoms with E-state index in [1.807, 2.05) is 43.3 Å². The molecule has 0 unspecified atom stereocenters. The van der Waals surface area contributed by atoms with Crippen LogP contribution in [0.4, 0.5) is 0 Å². The first-order valence-electron chi connectivity index (χ1n) is 5.49. The molecule has 2 rings (SSSR count). The third-order valence-electron chi connectivity index (χ3n) is 2.41. The Bertz CT molecular complexity index is 511. The molecule has 2 nitrogen and oxygen atoms in total. The molecule has 0 bridgehead atoms. The van der Waals surface area contributed by atoms with Crippen LogP contribution in [0, 0.1) is 0 Å². The summed E-state index contributed by atoms with van der Waals surface area (Å²) in [5, 5.41) is 0.542. The van der Waals surface area contributed by atoms with Crippen molar-refractivity contribution >= 4 is 17.3 Å². The van der Waals surface area contributed by atoms with Crippen LogP contribution in [-0.4, -0.2) is 16.6 Å². The fraction of sp³-hybridized carbons (Fsp3) is 0.143. The predicted molar refractivity (Wildman–Crippen MR) is 73.0 cm³/mol. The standard InChI is InChI=1S/C14H13NOS/c1-2-16-14(17)13-6-4-3-5-12(13)11-7-9-15-10-8-11/h3-10H,2H2,1H3. The van der Waals surface area contributed by atoms with Crippen LogP contribution in [0.5, 0.6) is 0 Å². The van der Waals surface area contributed by atoms with Gasteiger partial charge in [-0.3, -0.25) is 4.98 Å². The largest absolute Gasteiger partial charge is 0.483 e. The zero-order valence-electron chi connectivity index (χ0n) is 9.59. The van der Waals surface area contributed by atoms with Crippen LogP contribution in [0.2, 0.25) is 0 Å². The number of hydrogen-bond donors (Lipinski definition) is 0. The number of pyridine rings is 1. The van der Waals surface area contributed by atoms with Gasteiger partial charge in [-0.2, -0.15) is 0 Å². The second kappa shape index (κ2) is 5.55. The van der Waals surface area contributed by atoms with Gasteiger partial charge in [0.15, 0.2) is 5.05 Å². The molecular formula is C14H13NOS. The second-order valence-corrected chi connectivity index (χ2v) is 3.87. The Labute approximate surface area is 106 Å². The minimum absolute atomic E-state index is 0.542. The topological polar surface area (TPSA) is 22.1 Å². The van der Waals surface area contributed by atoms with E-state index in [2.05, 4.69) is 4.98 Å². The van der Waals surface area contributed by atoms with Crippen molar-refractivity contribution in [2.45, 2.75) is 6.92 Å². The maximum atomic E-state index is 5.41. The highest BCUT2D eigenvalue weighted by molar-refractivity contribution is 7.80. The van der Waals surface area contributed by atoms with Gasteiger partial charge in [0.25, 0.3) is 0 Å². The number of hydrogen-bond acceptors (Lipinski definition) is 3. The van der Waals surface area contributed by atoms with Crippen molar-refractivity contribution in [2.75, 3.05) is 6.61 Å². The maximum absolute atomic E-state index is 5.41. The third-order valence-corrected chi connectivity index (χ3v) is 2.75. The maximum Gasteiger partial charge on any atom is 0.191 e. The molecule has 0 aliphatic carbocycles. The van der Waals surface area contributed by atoms with Crippen LogP contribution >= 0.6 is 12.2 Å². The number of benzene rings is 1. The lowest BCUT2D eigenvalue weighted by molar-refractivity contribution is 0.338. The highest BCUT2D eigenvalue weighted by atomic mass is 32.1. The molecule has 1 aromatic carbocycles. The zero-order chi connectivity index (χ0) is 12.1. The Morgan fingerprint density at radius 1 is 1.18 bits per heavy atom. The van der Waals surface area contributed by atoms with E-state index < -0.39 is 0 Å². The molecule has 0 N–H and O–H groups in total. The second-order valence-electron chi connectivity index (χ2n) is 3.50. The summed E-state index contributed by atoms with van der Waals surface area (Å²) in [5.41, 5.74) is 3.13. The van der Waals surface area contributed by atoms with E-state index in [1.54, 1.807) is 12.4 Å². The minimum Gasteiger partial charge on any atom is -0.483 e. The molecule has 0 aliphatic heterocycles. The molecule has 17 heavy (non-hydrogen) atoms.